The molecule has 0 saturated heterocycles. The molecule has 0 spiro atoms. The van der Waals surface area contributed by atoms with Gasteiger partial charge < -0.3 is 4.74 Å². The van der Waals surface area contributed by atoms with Gasteiger partial charge in [-0.2, -0.15) is 0 Å². The lowest BCUT2D eigenvalue weighted by Gasteiger charge is -2.18. The summed E-state index contributed by atoms with van der Waals surface area (Å²) in [4.78, 5) is 0. The molecule has 6 aromatic carbocycles. The van der Waals surface area contributed by atoms with Crippen molar-refractivity contribution in [1.29, 1.82) is 0 Å². The van der Waals surface area contributed by atoms with Crippen molar-refractivity contribution >= 4 is 77.3 Å². The van der Waals surface area contributed by atoms with Crippen molar-refractivity contribution in [2.24, 2.45) is 0 Å². The Morgan fingerprint density at radius 2 is 0.945 bits per heavy atom. The van der Waals surface area contributed by atoms with Gasteiger partial charge in [-0.15, -0.1) is 9.24 Å². The first-order valence-electron chi connectivity index (χ1n) is 19.3. The third kappa shape index (κ3) is 18.3. The molecular formula is C48H60OP6. The van der Waals surface area contributed by atoms with Gasteiger partial charge in [0, 0.05) is 7.11 Å². The van der Waals surface area contributed by atoms with Crippen molar-refractivity contribution in [1.82, 2.24) is 0 Å². The topological polar surface area (TPSA) is 9.23 Å². The van der Waals surface area contributed by atoms with Crippen LogP contribution < -0.4 is 26.5 Å². The molecule has 6 aromatic rings. The Labute approximate surface area is 343 Å². The van der Waals surface area contributed by atoms with Crippen molar-refractivity contribution in [3.8, 4) is 0 Å². The highest BCUT2D eigenvalue weighted by Gasteiger charge is 2.12. The van der Waals surface area contributed by atoms with Crippen LogP contribution in [0.2, 0.25) is 0 Å². The zero-order chi connectivity index (χ0) is 38.8. The monoisotopic (exact) mass is 838 g/mol. The summed E-state index contributed by atoms with van der Waals surface area (Å²) in [5.41, 5.74) is 4.37. The zero-order valence-electron chi connectivity index (χ0n) is 32.9. The van der Waals surface area contributed by atoms with Gasteiger partial charge in [-0.3, -0.25) is 0 Å². The molecule has 0 N–H and O–H groups in total. The number of aryl methyl sites for hydroxylation is 3. The van der Waals surface area contributed by atoms with E-state index in [1.54, 1.807) is 12.4 Å². The summed E-state index contributed by atoms with van der Waals surface area (Å²) in [6, 6.07) is 60.8. The minimum atomic E-state index is -0.167. The maximum absolute atomic E-state index is 5.39. The molecule has 6 rings (SSSR count). The summed E-state index contributed by atoms with van der Waals surface area (Å²) in [6.45, 7) is 4.45. The van der Waals surface area contributed by atoms with E-state index in [9.17, 15) is 0 Å². The first-order valence-corrected chi connectivity index (χ1v) is 27.1. The summed E-state index contributed by atoms with van der Waals surface area (Å²) in [6.07, 6.45) is 9.89. The molecule has 0 aliphatic rings. The molecule has 7 heteroatoms. The van der Waals surface area contributed by atoms with Crippen LogP contribution in [0.3, 0.4) is 0 Å². The molecule has 6 atom stereocenters. The molecule has 0 fully saturated rings. The fourth-order valence-corrected chi connectivity index (χ4v) is 15.3. The first-order chi connectivity index (χ1) is 27.1. The molecule has 0 amide bonds. The van der Waals surface area contributed by atoms with Crippen molar-refractivity contribution in [2.45, 2.75) is 26.7 Å². The minimum Gasteiger partial charge on any atom is -0.380 e. The Balaban J connectivity index is 0.000000184. The summed E-state index contributed by atoms with van der Waals surface area (Å²) >= 11 is 0. The number of benzene rings is 6. The minimum absolute atomic E-state index is 0.0475. The maximum Gasteiger partial charge on any atom is 0.0697 e. The average molecular weight is 839 g/mol. The molecule has 0 aromatic heterocycles. The molecule has 55 heavy (non-hydrogen) atoms. The van der Waals surface area contributed by atoms with E-state index >= 15 is 0 Å². The van der Waals surface area contributed by atoms with Crippen molar-refractivity contribution in [2.75, 3.05) is 50.2 Å². The Bertz CT molecular complexity index is 1800. The largest absolute Gasteiger partial charge is 0.380 e. The van der Waals surface area contributed by atoms with E-state index in [0.29, 0.717) is 0 Å². The molecule has 0 saturated carbocycles. The van der Waals surface area contributed by atoms with Gasteiger partial charge >= 0.3 is 0 Å². The lowest BCUT2D eigenvalue weighted by Crippen LogP contribution is -2.09. The summed E-state index contributed by atoms with van der Waals surface area (Å²) in [7, 11) is 7.39. The molecule has 0 aliphatic heterocycles. The van der Waals surface area contributed by atoms with Crippen molar-refractivity contribution in [3.63, 3.8) is 0 Å². The van der Waals surface area contributed by atoms with Gasteiger partial charge in [0.2, 0.25) is 0 Å². The fraction of sp³-hybridized carbons (Fsp3) is 0.250. The van der Waals surface area contributed by atoms with E-state index in [0.717, 1.165) is 32.1 Å². The van der Waals surface area contributed by atoms with Crippen LogP contribution in [0.25, 0.3) is 0 Å². The van der Waals surface area contributed by atoms with Gasteiger partial charge in [0.05, 0.1) is 6.35 Å². The lowest BCUT2D eigenvalue weighted by molar-refractivity contribution is 0.255. The van der Waals surface area contributed by atoms with Crippen LogP contribution in [0.4, 0.5) is 0 Å². The number of rotatable bonds is 18. The first kappa shape index (κ1) is 45.6. The second-order valence-electron chi connectivity index (χ2n) is 13.2. The van der Waals surface area contributed by atoms with Crippen molar-refractivity contribution in [3.05, 3.63) is 187 Å². The SMILES string of the molecule is COCP(CCPc1ccccc1)c1ccccc1.Cc1ccccc1CCP(CP)c1ccccc1C.c1ccc(PCCCPc2ccccc2)cc1. The predicted molar refractivity (Wildman–Crippen MR) is 264 cm³/mol. The molecule has 0 aliphatic carbocycles. The average Bonchev–Trinajstić information content (AvgIpc) is 3.24. The third-order valence-electron chi connectivity index (χ3n) is 9.04. The Morgan fingerprint density at radius 1 is 0.491 bits per heavy atom. The van der Waals surface area contributed by atoms with Crippen LogP contribution in [0.15, 0.2) is 170 Å². The quantitative estimate of drug-likeness (QED) is 0.0619. The van der Waals surface area contributed by atoms with Gasteiger partial charge in [-0.25, -0.2) is 0 Å². The highest BCUT2D eigenvalue weighted by atomic mass is 31.2. The second kappa shape index (κ2) is 28.3. The summed E-state index contributed by atoms with van der Waals surface area (Å²) in [5, 5.41) is 7.48. The van der Waals surface area contributed by atoms with Crippen LogP contribution in [-0.2, 0) is 11.2 Å². The number of hydrogen-bond donors (Lipinski definition) is 0. The molecule has 0 radical (unpaired) electrons. The Morgan fingerprint density at radius 3 is 1.44 bits per heavy atom. The standard InChI is InChI=1S/C17H22P2.C16H20OP2.C15H18P2/c1-14-7-3-5-9-16(14)11-12-19(13-18)17-10-6-4-8-15(17)2;1-17-14-19(16-10-6-3-7-11-16)13-12-18-15-8-4-2-5-9-15;1-3-8-14(9-4-1)16-12-7-13-17-15-10-5-2-6-11-15/h3-10H,11-13,18H2,1-2H3;2-11,18H,12-14H2,1H3;1-6,8-11,16-17H,7,12-13H2. The van der Waals surface area contributed by atoms with E-state index < -0.39 is 0 Å². The van der Waals surface area contributed by atoms with E-state index in [-0.39, 0.29) is 15.8 Å². The van der Waals surface area contributed by atoms with Gasteiger partial charge in [0.15, 0.2) is 0 Å². The van der Waals surface area contributed by atoms with Crippen LogP contribution >= 0.6 is 50.8 Å². The van der Waals surface area contributed by atoms with Crippen molar-refractivity contribution < 1.29 is 4.74 Å². The van der Waals surface area contributed by atoms with E-state index in [4.69, 9.17) is 4.74 Å². The highest BCUT2D eigenvalue weighted by molar-refractivity contribution is 7.71. The summed E-state index contributed by atoms with van der Waals surface area (Å²) < 4.78 is 5.39. The van der Waals surface area contributed by atoms with Crippen LogP contribution in [-0.4, -0.2) is 50.2 Å². The maximum atomic E-state index is 5.39. The van der Waals surface area contributed by atoms with Crippen LogP contribution in [0.5, 0.6) is 0 Å². The van der Waals surface area contributed by atoms with Crippen LogP contribution in [0, 0.1) is 13.8 Å². The summed E-state index contributed by atoms with van der Waals surface area (Å²) in [5.74, 6) is 1.20. The number of hydrogen-bond acceptors (Lipinski definition) is 1. The zero-order valence-corrected chi connectivity index (χ0v) is 38.9. The fourth-order valence-electron chi connectivity index (χ4n) is 5.99. The normalized spacial score (nSPS) is 12.4. The molecule has 288 valence electrons. The number of ether oxygens (including phenoxy) is 1. The second-order valence-corrected chi connectivity index (χ2v) is 23.2. The van der Waals surface area contributed by atoms with Crippen LogP contribution in [0.1, 0.15) is 23.1 Å². The molecule has 1 nitrogen and oxygen atoms in total. The molecule has 0 heterocycles. The van der Waals surface area contributed by atoms with E-state index in [1.165, 1.54) is 87.5 Å². The van der Waals surface area contributed by atoms with E-state index in [1.807, 2.05) is 0 Å². The predicted octanol–water partition coefficient (Wildman–Crippen LogP) is 11.3. The molecular weight excluding hydrogens is 778 g/mol. The molecule has 6 unspecified atom stereocenters. The smallest absolute Gasteiger partial charge is 0.0697 e. The highest BCUT2D eigenvalue weighted by Crippen LogP contribution is 2.38. The van der Waals surface area contributed by atoms with Gasteiger partial charge in [0.1, 0.15) is 0 Å². The lowest BCUT2D eigenvalue weighted by atomic mass is 10.1. The Hall–Kier alpha value is -2.14. The third-order valence-corrected chi connectivity index (χ3v) is 19.5. The van der Waals surface area contributed by atoms with Gasteiger partial charge in [-0.1, -0.05) is 204 Å². The number of methoxy groups -OCH3 is 1. The van der Waals surface area contributed by atoms with Gasteiger partial charge in [0.25, 0.3) is 0 Å². The molecule has 0 bridgehead atoms. The van der Waals surface area contributed by atoms with Gasteiger partial charge in [-0.05, 0) is 115 Å². The Kier molecular flexibility index (Phi) is 23.4. The van der Waals surface area contributed by atoms with E-state index in [2.05, 4.69) is 193 Å².